The van der Waals surface area contributed by atoms with E-state index in [1.54, 1.807) is 0 Å². The number of aryl methyl sites for hydroxylation is 1. The zero-order valence-corrected chi connectivity index (χ0v) is 16.9. The SMILES string of the molecule is C/C=C(/Nc1cc2cc(-c3cnn(C)c3)ccc2cn1)c1ccc2cnccc2c1. The molecule has 5 nitrogen and oxygen atoms in total. The van der Waals surface area contributed by atoms with Crippen LogP contribution in [0.25, 0.3) is 38.4 Å². The molecule has 3 aromatic heterocycles. The molecule has 0 aliphatic carbocycles. The minimum Gasteiger partial charge on any atom is -0.340 e. The maximum Gasteiger partial charge on any atom is 0.130 e. The van der Waals surface area contributed by atoms with Crippen LogP contribution >= 0.6 is 0 Å². The van der Waals surface area contributed by atoms with Gasteiger partial charge in [0.1, 0.15) is 5.82 Å². The van der Waals surface area contributed by atoms with E-state index in [1.165, 1.54) is 0 Å². The third-order valence-electron chi connectivity index (χ3n) is 5.26. The quantitative estimate of drug-likeness (QED) is 0.430. The van der Waals surface area contributed by atoms with Crippen molar-refractivity contribution in [2.45, 2.75) is 6.92 Å². The molecule has 0 amide bonds. The van der Waals surface area contributed by atoms with Crippen molar-refractivity contribution in [2.24, 2.45) is 7.05 Å². The van der Waals surface area contributed by atoms with Crippen LogP contribution in [0.5, 0.6) is 0 Å². The van der Waals surface area contributed by atoms with Crippen molar-refractivity contribution in [1.29, 1.82) is 0 Å². The number of hydrogen-bond donors (Lipinski definition) is 1. The van der Waals surface area contributed by atoms with Gasteiger partial charge in [0.05, 0.1) is 6.20 Å². The average Bonchev–Trinajstić information content (AvgIpc) is 3.23. The predicted octanol–water partition coefficient (Wildman–Crippen LogP) is 5.66. The monoisotopic (exact) mass is 391 g/mol. The van der Waals surface area contributed by atoms with Crippen molar-refractivity contribution in [2.75, 3.05) is 5.32 Å². The second kappa shape index (κ2) is 7.44. The number of allylic oxidation sites excluding steroid dienone is 1. The van der Waals surface area contributed by atoms with E-state index in [2.05, 4.69) is 68.9 Å². The number of nitrogens with zero attached hydrogens (tertiary/aromatic N) is 4. The Hall–Kier alpha value is -3.99. The van der Waals surface area contributed by atoms with Gasteiger partial charge in [0.15, 0.2) is 0 Å². The van der Waals surface area contributed by atoms with Gasteiger partial charge >= 0.3 is 0 Å². The van der Waals surface area contributed by atoms with E-state index in [0.717, 1.165) is 49.8 Å². The highest BCUT2D eigenvalue weighted by molar-refractivity contribution is 5.91. The molecule has 0 aliphatic heterocycles. The second-order valence-electron chi connectivity index (χ2n) is 7.30. The molecule has 0 spiro atoms. The van der Waals surface area contributed by atoms with Gasteiger partial charge in [0.25, 0.3) is 0 Å². The highest BCUT2D eigenvalue weighted by atomic mass is 15.2. The van der Waals surface area contributed by atoms with E-state index in [1.807, 2.05) is 55.7 Å². The molecule has 5 heteroatoms. The van der Waals surface area contributed by atoms with Crippen LogP contribution in [0.1, 0.15) is 12.5 Å². The van der Waals surface area contributed by atoms with E-state index < -0.39 is 0 Å². The van der Waals surface area contributed by atoms with Crippen LogP contribution in [-0.4, -0.2) is 19.7 Å². The Morgan fingerprint density at radius 3 is 2.57 bits per heavy atom. The molecule has 0 unspecified atom stereocenters. The lowest BCUT2D eigenvalue weighted by molar-refractivity contribution is 0.768. The van der Waals surface area contributed by atoms with E-state index in [-0.39, 0.29) is 0 Å². The smallest absolute Gasteiger partial charge is 0.130 e. The topological polar surface area (TPSA) is 55.6 Å². The van der Waals surface area contributed by atoms with Gasteiger partial charge in [0.2, 0.25) is 0 Å². The Morgan fingerprint density at radius 1 is 0.867 bits per heavy atom. The molecule has 0 saturated heterocycles. The molecule has 0 aliphatic rings. The maximum absolute atomic E-state index is 4.61. The fourth-order valence-electron chi connectivity index (χ4n) is 3.66. The summed E-state index contributed by atoms with van der Waals surface area (Å²) in [6.45, 7) is 2.03. The Labute approximate surface area is 174 Å². The van der Waals surface area contributed by atoms with Gasteiger partial charge in [-0.25, -0.2) is 4.98 Å². The Balaban J connectivity index is 1.48. The van der Waals surface area contributed by atoms with Crippen molar-refractivity contribution in [3.05, 3.63) is 91.2 Å². The molecule has 0 fully saturated rings. The lowest BCUT2D eigenvalue weighted by Crippen LogP contribution is -2.00. The summed E-state index contributed by atoms with van der Waals surface area (Å²) in [5.41, 5.74) is 4.37. The lowest BCUT2D eigenvalue weighted by Gasteiger charge is -2.12. The number of benzene rings is 2. The van der Waals surface area contributed by atoms with Gasteiger partial charge in [-0.05, 0) is 53.1 Å². The summed E-state index contributed by atoms with van der Waals surface area (Å²) >= 11 is 0. The molecular weight excluding hydrogens is 370 g/mol. The van der Waals surface area contributed by atoms with Crippen LogP contribution in [0.15, 0.2) is 85.6 Å². The summed E-state index contributed by atoms with van der Waals surface area (Å²) in [6.07, 6.45) is 11.6. The molecule has 0 bridgehead atoms. The molecule has 146 valence electrons. The first kappa shape index (κ1) is 18.1. The third kappa shape index (κ3) is 3.42. The van der Waals surface area contributed by atoms with Crippen molar-refractivity contribution >= 4 is 33.1 Å². The zero-order chi connectivity index (χ0) is 20.5. The molecule has 30 heavy (non-hydrogen) atoms. The molecular formula is C25H21N5. The van der Waals surface area contributed by atoms with Crippen LogP contribution in [0.3, 0.4) is 0 Å². The standard InChI is InChI=1S/C25H21N5/c1-3-24(19-5-7-20-13-26-9-8-18(20)10-19)29-25-12-22-11-17(4-6-21(22)14-27-25)23-15-28-30(2)16-23/h3-16H,1-2H3,(H,27,29)/b24-3+. The summed E-state index contributed by atoms with van der Waals surface area (Å²) in [5, 5.41) is 12.3. The van der Waals surface area contributed by atoms with Crippen LogP contribution in [-0.2, 0) is 7.05 Å². The van der Waals surface area contributed by atoms with Crippen molar-refractivity contribution in [3.63, 3.8) is 0 Å². The normalized spacial score (nSPS) is 11.9. The average molecular weight is 391 g/mol. The van der Waals surface area contributed by atoms with Crippen molar-refractivity contribution < 1.29 is 0 Å². The summed E-state index contributed by atoms with van der Waals surface area (Å²) in [7, 11) is 1.93. The molecule has 2 aromatic carbocycles. The Kier molecular flexibility index (Phi) is 4.48. The van der Waals surface area contributed by atoms with E-state index in [0.29, 0.717) is 0 Å². The summed E-state index contributed by atoms with van der Waals surface area (Å²) in [5.74, 6) is 0.814. The second-order valence-corrected chi connectivity index (χ2v) is 7.30. The Bertz CT molecular complexity index is 1400. The van der Waals surface area contributed by atoms with Crippen molar-refractivity contribution in [1.82, 2.24) is 19.7 Å². The van der Waals surface area contributed by atoms with Crippen LogP contribution < -0.4 is 5.32 Å². The fourth-order valence-corrected chi connectivity index (χ4v) is 3.66. The molecule has 5 rings (SSSR count). The van der Waals surface area contributed by atoms with Gasteiger partial charge in [-0.3, -0.25) is 9.67 Å². The number of hydrogen-bond acceptors (Lipinski definition) is 4. The Morgan fingerprint density at radius 2 is 1.73 bits per heavy atom. The zero-order valence-electron chi connectivity index (χ0n) is 16.9. The van der Waals surface area contributed by atoms with Gasteiger partial charge in [-0.1, -0.05) is 30.3 Å². The molecule has 3 heterocycles. The summed E-state index contributed by atoms with van der Waals surface area (Å²) in [6, 6.07) is 16.9. The maximum atomic E-state index is 4.61. The third-order valence-corrected chi connectivity index (χ3v) is 5.26. The number of pyridine rings is 2. The predicted molar refractivity (Wildman–Crippen MR) is 123 cm³/mol. The fraction of sp³-hybridized carbons (Fsp3) is 0.0800. The number of aromatic nitrogens is 4. The highest BCUT2D eigenvalue weighted by Crippen LogP contribution is 2.27. The van der Waals surface area contributed by atoms with Crippen LogP contribution in [0, 0.1) is 0 Å². The molecule has 0 atom stereocenters. The molecule has 0 saturated carbocycles. The van der Waals surface area contributed by atoms with Crippen LogP contribution in [0.2, 0.25) is 0 Å². The van der Waals surface area contributed by atoms with Crippen LogP contribution in [0.4, 0.5) is 5.82 Å². The van der Waals surface area contributed by atoms with E-state index in [4.69, 9.17) is 0 Å². The minimum atomic E-state index is 0.814. The van der Waals surface area contributed by atoms with E-state index in [9.17, 15) is 0 Å². The number of nitrogens with one attached hydrogen (secondary N) is 1. The summed E-state index contributed by atoms with van der Waals surface area (Å²) in [4.78, 5) is 8.80. The highest BCUT2D eigenvalue weighted by Gasteiger charge is 2.07. The first-order valence-electron chi connectivity index (χ1n) is 9.86. The number of rotatable bonds is 4. The minimum absolute atomic E-state index is 0.814. The first-order chi connectivity index (χ1) is 14.7. The lowest BCUT2D eigenvalue weighted by atomic mass is 10.0. The van der Waals surface area contributed by atoms with Gasteiger partial charge in [-0.2, -0.15) is 5.10 Å². The van der Waals surface area contributed by atoms with Gasteiger partial charge in [-0.15, -0.1) is 0 Å². The largest absolute Gasteiger partial charge is 0.340 e. The molecule has 0 radical (unpaired) electrons. The number of anilines is 1. The van der Waals surface area contributed by atoms with Gasteiger partial charge in [0, 0.05) is 53.9 Å². The first-order valence-corrected chi connectivity index (χ1v) is 9.86. The van der Waals surface area contributed by atoms with E-state index >= 15 is 0 Å². The number of fused-ring (bicyclic) bond motifs is 2. The summed E-state index contributed by atoms with van der Waals surface area (Å²) < 4.78 is 1.82. The molecule has 5 aromatic rings. The van der Waals surface area contributed by atoms with Gasteiger partial charge < -0.3 is 5.32 Å². The molecule has 1 N–H and O–H groups in total. The van der Waals surface area contributed by atoms with Crippen molar-refractivity contribution in [3.8, 4) is 11.1 Å².